The molecule has 0 amide bonds. The highest BCUT2D eigenvalue weighted by Gasteiger charge is 2.20. The normalized spacial score (nSPS) is 21.3. The summed E-state index contributed by atoms with van der Waals surface area (Å²) in [6, 6.07) is 0. The molecule has 0 aromatic rings. The van der Waals surface area contributed by atoms with Crippen LogP contribution in [0.1, 0.15) is 38.5 Å². The lowest BCUT2D eigenvalue weighted by Crippen LogP contribution is -2.33. The molecule has 0 aromatic heterocycles. The van der Waals surface area contributed by atoms with Gasteiger partial charge in [-0.05, 0) is 25.7 Å². The van der Waals surface area contributed by atoms with E-state index in [1.165, 1.54) is 12.8 Å². The van der Waals surface area contributed by atoms with Crippen LogP contribution in [-0.4, -0.2) is 29.8 Å². The Kier molecular flexibility index (Phi) is 4.90. The zero-order valence-corrected chi connectivity index (χ0v) is 8.45. The summed E-state index contributed by atoms with van der Waals surface area (Å²) in [5, 5.41) is 9.13. The second-order valence-corrected chi connectivity index (χ2v) is 3.80. The maximum Gasteiger partial charge on any atom is 0.336 e. The molecule has 0 saturated heterocycles. The van der Waals surface area contributed by atoms with Gasteiger partial charge in [-0.25, -0.2) is 4.79 Å². The zero-order chi connectivity index (χ0) is 10.4. The molecule has 1 aliphatic carbocycles. The molecule has 1 saturated carbocycles. The van der Waals surface area contributed by atoms with E-state index in [0.29, 0.717) is 0 Å². The molecule has 4 heteroatoms. The van der Waals surface area contributed by atoms with Crippen molar-refractivity contribution >= 4 is 5.97 Å². The Morgan fingerprint density at radius 1 is 1.36 bits per heavy atom. The van der Waals surface area contributed by atoms with E-state index in [0.717, 1.165) is 25.7 Å². The van der Waals surface area contributed by atoms with Gasteiger partial charge in [0.15, 0.2) is 6.10 Å². The number of aliphatic hydroxyl groups excluding tert-OH is 1. The SMILES string of the molecule is NC[C@H](O)C(=O)OC1CCCCCC1. The van der Waals surface area contributed by atoms with Crippen molar-refractivity contribution in [2.45, 2.75) is 50.7 Å². The maximum atomic E-state index is 11.2. The van der Waals surface area contributed by atoms with Crippen LogP contribution in [0.2, 0.25) is 0 Å². The average molecular weight is 201 g/mol. The number of aliphatic hydroxyl groups is 1. The first-order valence-electron chi connectivity index (χ1n) is 5.32. The Balaban J connectivity index is 2.30. The van der Waals surface area contributed by atoms with Crippen molar-refractivity contribution in [3.8, 4) is 0 Å². The minimum absolute atomic E-state index is 0.00815. The van der Waals surface area contributed by atoms with E-state index in [1.807, 2.05) is 0 Å². The van der Waals surface area contributed by atoms with Gasteiger partial charge in [0, 0.05) is 6.54 Å². The van der Waals surface area contributed by atoms with Crippen LogP contribution in [0, 0.1) is 0 Å². The van der Waals surface area contributed by atoms with Crippen LogP contribution in [0.25, 0.3) is 0 Å². The Hall–Kier alpha value is -0.610. The van der Waals surface area contributed by atoms with Gasteiger partial charge < -0.3 is 15.6 Å². The molecule has 0 aromatic carbocycles. The van der Waals surface area contributed by atoms with E-state index in [9.17, 15) is 4.79 Å². The van der Waals surface area contributed by atoms with Crippen molar-refractivity contribution in [2.75, 3.05) is 6.54 Å². The summed E-state index contributed by atoms with van der Waals surface area (Å²) in [4.78, 5) is 11.2. The van der Waals surface area contributed by atoms with Gasteiger partial charge in [0.05, 0.1) is 0 Å². The monoisotopic (exact) mass is 201 g/mol. The second kappa shape index (κ2) is 5.98. The lowest BCUT2D eigenvalue weighted by molar-refractivity contribution is -0.159. The molecule has 1 aliphatic rings. The summed E-state index contributed by atoms with van der Waals surface area (Å²) in [5.74, 6) is -0.570. The number of ether oxygens (including phenoxy) is 1. The number of carbonyl (C=O) groups excluding carboxylic acids is 1. The number of esters is 1. The van der Waals surface area contributed by atoms with Crippen LogP contribution in [0.3, 0.4) is 0 Å². The number of nitrogens with two attached hydrogens (primary N) is 1. The summed E-state index contributed by atoms with van der Waals surface area (Å²) in [5.41, 5.74) is 5.16. The van der Waals surface area contributed by atoms with Gasteiger partial charge in [-0.15, -0.1) is 0 Å². The lowest BCUT2D eigenvalue weighted by atomic mass is 10.1. The third-order valence-corrected chi connectivity index (χ3v) is 2.58. The fourth-order valence-electron chi connectivity index (χ4n) is 1.70. The molecule has 0 aliphatic heterocycles. The van der Waals surface area contributed by atoms with Crippen LogP contribution in [0.5, 0.6) is 0 Å². The summed E-state index contributed by atoms with van der Waals surface area (Å²) in [6.07, 6.45) is 5.32. The molecule has 3 N–H and O–H groups in total. The average Bonchev–Trinajstić information content (AvgIpc) is 2.45. The van der Waals surface area contributed by atoms with Gasteiger partial charge in [0.2, 0.25) is 0 Å². The molecule has 14 heavy (non-hydrogen) atoms. The molecule has 4 nitrogen and oxygen atoms in total. The minimum Gasteiger partial charge on any atom is -0.460 e. The predicted molar refractivity (Wildman–Crippen MR) is 52.6 cm³/mol. The Labute approximate surface area is 84.4 Å². The highest BCUT2D eigenvalue weighted by molar-refractivity contribution is 5.74. The standard InChI is InChI=1S/C10H19NO3/c11-7-9(12)10(13)14-8-5-3-1-2-4-6-8/h8-9,12H,1-7,11H2/t9-/m0/s1. The first-order valence-corrected chi connectivity index (χ1v) is 5.32. The zero-order valence-electron chi connectivity index (χ0n) is 8.45. The van der Waals surface area contributed by atoms with Crippen molar-refractivity contribution < 1.29 is 14.6 Å². The van der Waals surface area contributed by atoms with E-state index >= 15 is 0 Å². The second-order valence-electron chi connectivity index (χ2n) is 3.80. The van der Waals surface area contributed by atoms with Gasteiger partial charge in [0.25, 0.3) is 0 Å². The molecule has 0 radical (unpaired) electrons. The van der Waals surface area contributed by atoms with Crippen molar-refractivity contribution in [2.24, 2.45) is 5.73 Å². The fraction of sp³-hybridized carbons (Fsp3) is 0.900. The van der Waals surface area contributed by atoms with Gasteiger partial charge >= 0.3 is 5.97 Å². The molecular formula is C10H19NO3. The van der Waals surface area contributed by atoms with E-state index in [4.69, 9.17) is 15.6 Å². The minimum atomic E-state index is -1.15. The first-order chi connectivity index (χ1) is 6.74. The molecular weight excluding hydrogens is 182 g/mol. The third-order valence-electron chi connectivity index (χ3n) is 2.58. The molecule has 0 unspecified atom stereocenters. The van der Waals surface area contributed by atoms with Crippen molar-refractivity contribution in [1.29, 1.82) is 0 Å². The maximum absolute atomic E-state index is 11.2. The lowest BCUT2D eigenvalue weighted by Gasteiger charge is -2.17. The van der Waals surface area contributed by atoms with Gasteiger partial charge in [-0.3, -0.25) is 0 Å². The fourth-order valence-corrected chi connectivity index (χ4v) is 1.70. The number of carbonyl (C=O) groups is 1. The van der Waals surface area contributed by atoms with Gasteiger partial charge in [0.1, 0.15) is 6.10 Å². The molecule has 0 heterocycles. The number of hydrogen-bond donors (Lipinski definition) is 2. The molecule has 1 rings (SSSR count). The van der Waals surface area contributed by atoms with Crippen LogP contribution < -0.4 is 5.73 Å². The summed E-state index contributed by atoms with van der Waals surface area (Å²) >= 11 is 0. The van der Waals surface area contributed by atoms with Crippen LogP contribution in [0.4, 0.5) is 0 Å². The number of rotatable bonds is 3. The molecule has 1 fully saturated rings. The highest BCUT2D eigenvalue weighted by Crippen LogP contribution is 2.20. The van der Waals surface area contributed by atoms with E-state index < -0.39 is 12.1 Å². The third kappa shape index (κ3) is 3.64. The van der Waals surface area contributed by atoms with Crippen LogP contribution >= 0.6 is 0 Å². The largest absolute Gasteiger partial charge is 0.460 e. The first kappa shape index (κ1) is 11.5. The van der Waals surface area contributed by atoms with E-state index in [1.54, 1.807) is 0 Å². The molecule has 0 spiro atoms. The summed E-state index contributed by atoms with van der Waals surface area (Å²) in [7, 11) is 0. The quantitative estimate of drug-likeness (QED) is 0.517. The molecule has 0 bridgehead atoms. The van der Waals surface area contributed by atoms with E-state index in [2.05, 4.69) is 0 Å². The van der Waals surface area contributed by atoms with E-state index in [-0.39, 0.29) is 12.6 Å². The Bertz CT molecular complexity index is 176. The topological polar surface area (TPSA) is 72.5 Å². The van der Waals surface area contributed by atoms with Crippen LogP contribution in [-0.2, 0) is 9.53 Å². The van der Waals surface area contributed by atoms with Crippen LogP contribution in [0.15, 0.2) is 0 Å². The Morgan fingerprint density at radius 2 is 1.93 bits per heavy atom. The Morgan fingerprint density at radius 3 is 2.43 bits per heavy atom. The predicted octanol–water partition coefficient (Wildman–Crippen LogP) is 0.572. The van der Waals surface area contributed by atoms with Crippen molar-refractivity contribution in [3.63, 3.8) is 0 Å². The summed E-state index contributed by atoms with van der Waals surface area (Å²) < 4.78 is 5.16. The number of hydrogen-bond acceptors (Lipinski definition) is 4. The van der Waals surface area contributed by atoms with Gasteiger partial charge in [-0.2, -0.15) is 0 Å². The summed E-state index contributed by atoms with van der Waals surface area (Å²) in [6.45, 7) is -0.0639. The van der Waals surface area contributed by atoms with Crippen molar-refractivity contribution in [3.05, 3.63) is 0 Å². The molecule has 1 atom stereocenters. The van der Waals surface area contributed by atoms with Crippen molar-refractivity contribution in [1.82, 2.24) is 0 Å². The highest BCUT2D eigenvalue weighted by atomic mass is 16.6. The van der Waals surface area contributed by atoms with Gasteiger partial charge in [-0.1, -0.05) is 12.8 Å². The molecule has 82 valence electrons. The smallest absolute Gasteiger partial charge is 0.336 e.